The standard InChI is InChI=1S/C12H17NO5S/c1-9-7-10(5-6-11(9)17-3)19(15,16)13(2)8-12(14)18-4/h5-7H,8H2,1-4H3. The van der Waals surface area contributed by atoms with Crippen molar-refractivity contribution < 1.29 is 22.7 Å². The molecule has 0 aliphatic carbocycles. The minimum absolute atomic E-state index is 0.109. The highest BCUT2D eigenvalue weighted by molar-refractivity contribution is 7.89. The van der Waals surface area contributed by atoms with Crippen molar-refractivity contribution >= 4 is 16.0 Å². The van der Waals surface area contributed by atoms with Crippen molar-refractivity contribution in [3.8, 4) is 5.75 Å². The number of carbonyl (C=O) groups is 1. The number of sulfonamides is 1. The van der Waals surface area contributed by atoms with E-state index in [1.807, 2.05) is 0 Å². The van der Waals surface area contributed by atoms with Crippen molar-refractivity contribution in [1.29, 1.82) is 0 Å². The lowest BCUT2D eigenvalue weighted by Gasteiger charge is -2.16. The maximum atomic E-state index is 12.2. The molecule has 1 aromatic rings. The number of hydrogen-bond acceptors (Lipinski definition) is 5. The quantitative estimate of drug-likeness (QED) is 0.749. The summed E-state index contributed by atoms with van der Waals surface area (Å²) in [6.45, 7) is 1.42. The number of ether oxygens (including phenoxy) is 2. The van der Waals surface area contributed by atoms with Crippen molar-refractivity contribution in [1.82, 2.24) is 4.31 Å². The van der Waals surface area contributed by atoms with Crippen LogP contribution in [0.5, 0.6) is 5.75 Å². The normalized spacial score (nSPS) is 11.4. The number of rotatable bonds is 5. The molecule has 6 nitrogen and oxygen atoms in total. The van der Waals surface area contributed by atoms with Gasteiger partial charge < -0.3 is 9.47 Å². The highest BCUT2D eigenvalue weighted by Crippen LogP contribution is 2.23. The van der Waals surface area contributed by atoms with E-state index in [0.717, 1.165) is 4.31 Å². The lowest BCUT2D eigenvalue weighted by molar-refractivity contribution is -0.140. The Kier molecular flexibility index (Phi) is 4.90. The molecule has 7 heteroatoms. The summed E-state index contributed by atoms with van der Waals surface area (Å²) >= 11 is 0. The first-order valence-corrected chi connectivity index (χ1v) is 6.94. The topological polar surface area (TPSA) is 72.9 Å². The number of methoxy groups -OCH3 is 2. The lowest BCUT2D eigenvalue weighted by Crippen LogP contribution is -2.32. The van der Waals surface area contributed by atoms with Gasteiger partial charge in [-0.25, -0.2) is 8.42 Å². The maximum absolute atomic E-state index is 12.2. The second kappa shape index (κ2) is 6.03. The van der Waals surface area contributed by atoms with Crippen LogP contribution in [0.4, 0.5) is 0 Å². The molecule has 0 aliphatic rings. The summed E-state index contributed by atoms with van der Waals surface area (Å²) in [6, 6.07) is 4.52. The van der Waals surface area contributed by atoms with Gasteiger partial charge in [-0.1, -0.05) is 0 Å². The monoisotopic (exact) mass is 287 g/mol. The molecular formula is C12H17NO5S. The minimum Gasteiger partial charge on any atom is -0.496 e. The van der Waals surface area contributed by atoms with E-state index in [9.17, 15) is 13.2 Å². The van der Waals surface area contributed by atoms with Crippen LogP contribution in [0.25, 0.3) is 0 Å². The molecule has 0 aromatic heterocycles. The van der Waals surface area contributed by atoms with E-state index in [4.69, 9.17) is 4.74 Å². The number of nitrogens with zero attached hydrogens (tertiary/aromatic N) is 1. The number of benzene rings is 1. The average molecular weight is 287 g/mol. The fourth-order valence-corrected chi connectivity index (χ4v) is 2.72. The van der Waals surface area contributed by atoms with Gasteiger partial charge >= 0.3 is 5.97 Å². The van der Waals surface area contributed by atoms with Gasteiger partial charge in [0.25, 0.3) is 0 Å². The number of likely N-dealkylation sites (N-methyl/N-ethyl adjacent to an activating group) is 1. The van der Waals surface area contributed by atoms with Gasteiger partial charge in [0.2, 0.25) is 10.0 Å². The highest BCUT2D eigenvalue weighted by Gasteiger charge is 2.23. The second-order valence-corrected chi connectivity index (χ2v) is 6.01. The van der Waals surface area contributed by atoms with Crippen LogP contribution >= 0.6 is 0 Å². The van der Waals surface area contributed by atoms with Crippen LogP contribution in [-0.2, 0) is 19.6 Å². The third-order valence-corrected chi connectivity index (χ3v) is 4.45. The summed E-state index contributed by atoms with van der Waals surface area (Å²) < 4.78 is 34.9. The molecule has 0 spiro atoms. The van der Waals surface area contributed by atoms with Crippen molar-refractivity contribution in [3.63, 3.8) is 0 Å². The Balaban J connectivity index is 3.06. The molecule has 1 aromatic carbocycles. The summed E-state index contributed by atoms with van der Waals surface area (Å²) in [5.74, 6) is -0.00844. The molecule has 0 radical (unpaired) electrons. The largest absolute Gasteiger partial charge is 0.496 e. The number of aryl methyl sites for hydroxylation is 1. The summed E-state index contributed by atoms with van der Waals surface area (Å²) in [7, 11) is 0.333. The minimum atomic E-state index is -3.71. The molecule has 0 bridgehead atoms. The van der Waals surface area contributed by atoms with E-state index in [-0.39, 0.29) is 11.4 Å². The van der Waals surface area contributed by atoms with Crippen molar-refractivity contribution in [2.45, 2.75) is 11.8 Å². The third-order valence-electron chi connectivity index (χ3n) is 2.65. The third kappa shape index (κ3) is 3.45. The molecule has 106 valence electrons. The highest BCUT2D eigenvalue weighted by atomic mass is 32.2. The van der Waals surface area contributed by atoms with Gasteiger partial charge in [0.05, 0.1) is 19.1 Å². The molecule has 0 heterocycles. The Labute approximate surface area is 113 Å². The number of carbonyl (C=O) groups excluding carboxylic acids is 1. The molecule has 0 fully saturated rings. The Morgan fingerprint density at radius 2 is 1.95 bits per heavy atom. The summed E-state index contributed by atoms with van der Waals surface area (Å²) in [5, 5.41) is 0. The molecule has 1 rings (SSSR count). The van der Waals surface area contributed by atoms with Gasteiger partial charge in [-0.15, -0.1) is 0 Å². The predicted molar refractivity (Wildman–Crippen MR) is 69.6 cm³/mol. The van der Waals surface area contributed by atoms with E-state index in [2.05, 4.69) is 4.74 Å². The van der Waals surface area contributed by atoms with E-state index in [1.165, 1.54) is 33.4 Å². The fourth-order valence-electron chi connectivity index (χ4n) is 1.52. The van der Waals surface area contributed by atoms with Gasteiger partial charge in [0, 0.05) is 7.05 Å². The van der Waals surface area contributed by atoms with Crippen LogP contribution in [0.3, 0.4) is 0 Å². The van der Waals surface area contributed by atoms with Crippen LogP contribution in [-0.4, -0.2) is 46.5 Å². The summed E-state index contributed by atoms with van der Waals surface area (Å²) in [6.07, 6.45) is 0. The van der Waals surface area contributed by atoms with Crippen LogP contribution in [0.1, 0.15) is 5.56 Å². The van der Waals surface area contributed by atoms with Crippen LogP contribution in [0, 0.1) is 6.92 Å². The van der Waals surface area contributed by atoms with Gasteiger partial charge in [-0.2, -0.15) is 4.31 Å². The Morgan fingerprint density at radius 1 is 1.32 bits per heavy atom. The number of hydrogen-bond donors (Lipinski definition) is 0. The Bertz CT molecular complexity index is 567. The second-order valence-electron chi connectivity index (χ2n) is 3.97. The van der Waals surface area contributed by atoms with E-state index in [1.54, 1.807) is 13.0 Å². The van der Waals surface area contributed by atoms with Gasteiger partial charge in [0.15, 0.2) is 0 Å². The first-order chi connectivity index (χ1) is 8.82. The molecule has 0 amide bonds. The molecule has 0 N–H and O–H groups in total. The zero-order valence-electron chi connectivity index (χ0n) is 11.3. The lowest BCUT2D eigenvalue weighted by atomic mass is 10.2. The zero-order chi connectivity index (χ0) is 14.6. The smallest absolute Gasteiger partial charge is 0.321 e. The van der Waals surface area contributed by atoms with Crippen molar-refractivity contribution in [3.05, 3.63) is 23.8 Å². The molecule has 0 saturated carbocycles. The predicted octanol–water partition coefficient (Wildman–Crippen LogP) is 0.797. The van der Waals surface area contributed by atoms with Gasteiger partial charge in [-0.3, -0.25) is 4.79 Å². The van der Waals surface area contributed by atoms with E-state index in [0.29, 0.717) is 11.3 Å². The Morgan fingerprint density at radius 3 is 2.42 bits per heavy atom. The fraction of sp³-hybridized carbons (Fsp3) is 0.417. The molecule has 19 heavy (non-hydrogen) atoms. The zero-order valence-corrected chi connectivity index (χ0v) is 12.2. The molecular weight excluding hydrogens is 270 g/mol. The molecule has 0 unspecified atom stereocenters. The molecule has 0 aliphatic heterocycles. The van der Waals surface area contributed by atoms with Crippen LogP contribution in [0.15, 0.2) is 23.1 Å². The molecule has 0 saturated heterocycles. The van der Waals surface area contributed by atoms with Gasteiger partial charge in [-0.05, 0) is 30.7 Å². The average Bonchev–Trinajstić information content (AvgIpc) is 2.38. The van der Waals surface area contributed by atoms with E-state index < -0.39 is 16.0 Å². The first kappa shape index (κ1) is 15.5. The van der Waals surface area contributed by atoms with Crippen LogP contribution in [0.2, 0.25) is 0 Å². The number of esters is 1. The van der Waals surface area contributed by atoms with Crippen LogP contribution < -0.4 is 4.74 Å². The SMILES string of the molecule is COC(=O)CN(C)S(=O)(=O)c1ccc(OC)c(C)c1. The maximum Gasteiger partial charge on any atom is 0.321 e. The summed E-state index contributed by atoms with van der Waals surface area (Å²) in [5.41, 5.74) is 0.704. The first-order valence-electron chi connectivity index (χ1n) is 5.50. The van der Waals surface area contributed by atoms with Crippen molar-refractivity contribution in [2.75, 3.05) is 27.8 Å². The van der Waals surface area contributed by atoms with Crippen molar-refractivity contribution in [2.24, 2.45) is 0 Å². The van der Waals surface area contributed by atoms with Gasteiger partial charge in [0.1, 0.15) is 12.3 Å². The Hall–Kier alpha value is -1.60. The molecule has 0 atom stereocenters. The summed E-state index contributed by atoms with van der Waals surface area (Å²) in [4.78, 5) is 11.2. The van der Waals surface area contributed by atoms with E-state index >= 15 is 0 Å².